The Morgan fingerprint density at radius 2 is 1.80 bits per heavy atom. The number of carbonyl (C=O) groups is 2. The number of hydrogen-bond donors (Lipinski definition) is 1. The topological polar surface area (TPSA) is 76.1 Å². The molecular weight excluding hydrogens is 406 g/mol. The second-order valence-corrected chi connectivity index (χ2v) is 6.85. The Bertz CT molecular complexity index is 893. The highest BCUT2D eigenvalue weighted by Crippen LogP contribution is 2.30. The molecule has 0 aliphatic heterocycles. The molecule has 0 spiro atoms. The highest BCUT2D eigenvalue weighted by Gasteiger charge is 2.10. The minimum absolute atomic E-state index is 0.0540. The smallest absolute Gasteiger partial charge is 0.341 e. The van der Waals surface area contributed by atoms with Crippen LogP contribution in [0.3, 0.4) is 0 Å². The summed E-state index contributed by atoms with van der Waals surface area (Å²) in [6.07, 6.45) is 3.87. The Morgan fingerprint density at radius 3 is 2.47 bits per heavy atom. The summed E-state index contributed by atoms with van der Waals surface area (Å²) in [6, 6.07) is 12.5. The lowest BCUT2D eigenvalue weighted by molar-refractivity contribution is -0.139. The predicted molar refractivity (Wildman–Crippen MR) is 117 cm³/mol. The van der Waals surface area contributed by atoms with E-state index in [9.17, 15) is 9.59 Å². The second kappa shape index (κ2) is 11.9. The lowest BCUT2D eigenvalue weighted by atomic mass is 10.1. The van der Waals surface area contributed by atoms with E-state index in [-0.39, 0.29) is 18.9 Å². The van der Waals surface area contributed by atoms with Crippen LogP contribution in [0.4, 0.5) is 0 Å². The van der Waals surface area contributed by atoms with Crippen LogP contribution in [0.5, 0.6) is 11.5 Å². The van der Waals surface area contributed by atoms with Crippen LogP contribution in [0.1, 0.15) is 31.4 Å². The van der Waals surface area contributed by atoms with E-state index in [1.807, 2.05) is 38.1 Å². The molecule has 0 fully saturated rings. The van der Waals surface area contributed by atoms with Crippen molar-refractivity contribution < 1.29 is 24.2 Å². The number of halogens is 1. The van der Waals surface area contributed by atoms with Gasteiger partial charge >= 0.3 is 5.97 Å². The molecule has 0 unspecified atom stereocenters. The van der Waals surface area contributed by atoms with Crippen LogP contribution < -0.4 is 9.47 Å². The Kier molecular flexibility index (Phi) is 9.22. The van der Waals surface area contributed by atoms with E-state index in [4.69, 9.17) is 26.2 Å². The van der Waals surface area contributed by atoms with Gasteiger partial charge in [0.2, 0.25) is 5.91 Å². The number of benzene rings is 2. The molecule has 0 radical (unpaired) electrons. The third kappa shape index (κ3) is 7.12. The van der Waals surface area contributed by atoms with Crippen molar-refractivity contribution in [2.45, 2.75) is 26.9 Å². The van der Waals surface area contributed by atoms with Gasteiger partial charge in [-0.1, -0.05) is 48.0 Å². The third-order valence-electron chi connectivity index (χ3n) is 4.38. The van der Waals surface area contributed by atoms with Crippen LogP contribution in [-0.4, -0.2) is 41.6 Å². The first-order valence-electron chi connectivity index (χ1n) is 9.73. The standard InChI is InChI=1S/C23H26ClNO5/c1-3-25(4-2)22(26)11-7-8-17-12-13-20(21(14-17)30-16-23(27)28)29-15-18-9-5-6-10-19(18)24/h5-10,12-14H,3-4,11,15-16H2,1-2H3,(H,27,28)/b8-7+. The Balaban J connectivity index is 2.12. The summed E-state index contributed by atoms with van der Waals surface area (Å²) >= 11 is 6.16. The van der Waals surface area contributed by atoms with Gasteiger partial charge in [0.05, 0.1) is 0 Å². The summed E-state index contributed by atoms with van der Waals surface area (Å²) in [6.45, 7) is 4.96. The number of carboxylic acids is 1. The number of carboxylic acid groups (broad SMARTS) is 1. The maximum Gasteiger partial charge on any atom is 0.341 e. The molecule has 0 heterocycles. The van der Waals surface area contributed by atoms with Gasteiger partial charge in [0, 0.05) is 30.1 Å². The van der Waals surface area contributed by atoms with E-state index in [0.717, 1.165) is 11.1 Å². The first-order chi connectivity index (χ1) is 14.4. The predicted octanol–water partition coefficient (Wildman–Crippen LogP) is 4.65. The third-order valence-corrected chi connectivity index (χ3v) is 4.75. The van der Waals surface area contributed by atoms with E-state index < -0.39 is 12.6 Å². The molecule has 0 atom stereocenters. The van der Waals surface area contributed by atoms with Crippen LogP contribution in [0.2, 0.25) is 5.02 Å². The fraction of sp³-hybridized carbons (Fsp3) is 0.304. The number of nitrogens with zero attached hydrogens (tertiary/aromatic N) is 1. The summed E-state index contributed by atoms with van der Waals surface area (Å²) in [5, 5.41) is 9.53. The van der Waals surface area contributed by atoms with Crippen LogP contribution in [-0.2, 0) is 16.2 Å². The van der Waals surface area contributed by atoms with Gasteiger partial charge < -0.3 is 19.5 Å². The van der Waals surface area contributed by atoms with Gasteiger partial charge in [0.15, 0.2) is 18.1 Å². The number of rotatable bonds is 11. The van der Waals surface area contributed by atoms with Gasteiger partial charge in [0.1, 0.15) is 6.61 Å². The monoisotopic (exact) mass is 431 g/mol. The average Bonchev–Trinajstić information content (AvgIpc) is 2.73. The van der Waals surface area contributed by atoms with Crippen LogP contribution in [0.25, 0.3) is 6.08 Å². The van der Waals surface area contributed by atoms with Gasteiger partial charge in [-0.05, 0) is 37.6 Å². The second-order valence-electron chi connectivity index (χ2n) is 6.44. The van der Waals surface area contributed by atoms with Crippen LogP contribution in [0.15, 0.2) is 48.5 Å². The summed E-state index contributed by atoms with van der Waals surface area (Å²) in [7, 11) is 0. The lowest BCUT2D eigenvalue weighted by Crippen LogP contribution is -2.29. The summed E-state index contributed by atoms with van der Waals surface area (Å²) in [5.41, 5.74) is 1.58. The lowest BCUT2D eigenvalue weighted by Gasteiger charge is -2.17. The molecule has 0 aliphatic rings. The number of ether oxygens (including phenoxy) is 2. The Morgan fingerprint density at radius 1 is 1.07 bits per heavy atom. The van der Waals surface area contributed by atoms with Gasteiger partial charge in [-0.15, -0.1) is 0 Å². The molecule has 0 saturated carbocycles. The van der Waals surface area contributed by atoms with E-state index in [2.05, 4.69) is 0 Å². The fourth-order valence-electron chi connectivity index (χ4n) is 2.77. The van der Waals surface area contributed by atoms with Crippen molar-refractivity contribution in [2.24, 2.45) is 0 Å². The van der Waals surface area contributed by atoms with Crippen molar-refractivity contribution in [2.75, 3.05) is 19.7 Å². The van der Waals surface area contributed by atoms with Crippen molar-refractivity contribution in [1.29, 1.82) is 0 Å². The number of amides is 1. The van der Waals surface area contributed by atoms with E-state index in [1.165, 1.54) is 0 Å². The molecule has 1 N–H and O–H groups in total. The first kappa shape index (κ1) is 23.3. The zero-order valence-electron chi connectivity index (χ0n) is 17.1. The van der Waals surface area contributed by atoms with Gasteiger partial charge in [-0.2, -0.15) is 0 Å². The summed E-state index contributed by atoms with van der Waals surface area (Å²) < 4.78 is 11.2. The highest BCUT2D eigenvalue weighted by atomic mass is 35.5. The van der Waals surface area contributed by atoms with Gasteiger partial charge in [-0.25, -0.2) is 4.79 Å². The van der Waals surface area contributed by atoms with Gasteiger partial charge in [-0.3, -0.25) is 4.79 Å². The normalized spacial score (nSPS) is 10.8. The summed E-state index contributed by atoms with van der Waals surface area (Å²) in [4.78, 5) is 24.8. The van der Waals surface area contributed by atoms with Crippen LogP contribution in [0, 0.1) is 0 Å². The zero-order valence-corrected chi connectivity index (χ0v) is 17.9. The number of hydrogen-bond acceptors (Lipinski definition) is 4. The summed E-state index contributed by atoms with van der Waals surface area (Å²) in [5.74, 6) is -0.315. The minimum Gasteiger partial charge on any atom is -0.485 e. The maximum atomic E-state index is 12.1. The fourth-order valence-corrected chi connectivity index (χ4v) is 2.96. The number of carbonyl (C=O) groups excluding carboxylic acids is 1. The zero-order chi connectivity index (χ0) is 21.9. The van der Waals surface area contributed by atoms with Crippen molar-refractivity contribution in [1.82, 2.24) is 4.90 Å². The quantitative estimate of drug-likeness (QED) is 0.560. The van der Waals surface area contributed by atoms with E-state index in [1.54, 1.807) is 35.3 Å². The minimum atomic E-state index is -1.09. The van der Waals surface area contributed by atoms with E-state index in [0.29, 0.717) is 29.6 Å². The molecule has 0 aliphatic carbocycles. The van der Waals surface area contributed by atoms with Crippen molar-refractivity contribution in [3.63, 3.8) is 0 Å². The average molecular weight is 432 g/mol. The largest absolute Gasteiger partial charge is 0.485 e. The molecule has 7 heteroatoms. The molecule has 2 aromatic rings. The first-order valence-corrected chi connectivity index (χ1v) is 10.1. The van der Waals surface area contributed by atoms with E-state index >= 15 is 0 Å². The molecule has 0 saturated heterocycles. The number of aliphatic carboxylic acids is 1. The SMILES string of the molecule is CCN(CC)C(=O)C/C=C/c1ccc(OCc2ccccc2Cl)c(OCC(=O)O)c1. The molecule has 160 valence electrons. The molecule has 30 heavy (non-hydrogen) atoms. The highest BCUT2D eigenvalue weighted by molar-refractivity contribution is 6.31. The molecule has 0 aromatic heterocycles. The molecule has 1 amide bonds. The molecule has 0 bridgehead atoms. The van der Waals surface area contributed by atoms with Gasteiger partial charge in [0.25, 0.3) is 0 Å². The molecule has 6 nitrogen and oxygen atoms in total. The maximum absolute atomic E-state index is 12.1. The van der Waals surface area contributed by atoms with Crippen molar-refractivity contribution in [3.8, 4) is 11.5 Å². The molecule has 2 rings (SSSR count). The van der Waals surface area contributed by atoms with Crippen LogP contribution >= 0.6 is 11.6 Å². The van der Waals surface area contributed by atoms with Crippen molar-refractivity contribution >= 4 is 29.6 Å². The molecular formula is C23H26ClNO5. The molecule has 2 aromatic carbocycles. The Hall–Kier alpha value is -2.99. The van der Waals surface area contributed by atoms with Crippen molar-refractivity contribution in [3.05, 3.63) is 64.7 Å². The Labute approximate surface area is 181 Å².